The van der Waals surface area contributed by atoms with Crippen LogP contribution < -0.4 is 4.74 Å². The lowest BCUT2D eigenvalue weighted by Crippen LogP contribution is -2.07. The molecule has 7 heteroatoms. The molecule has 0 fully saturated rings. The summed E-state index contributed by atoms with van der Waals surface area (Å²) >= 11 is 1.53. The smallest absolute Gasteiger partial charge is 0.195 e. The number of para-hydroxylation sites is 2. The van der Waals surface area contributed by atoms with Gasteiger partial charge in [0.25, 0.3) is 0 Å². The Kier molecular flexibility index (Phi) is 7.30. The van der Waals surface area contributed by atoms with E-state index in [9.17, 15) is 9.18 Å². The molecule has 32 heavy (non-hydrogen) atoms. The summed E-state index contributed by atoms with van der Waals surface area (Å²) in [5, 5.41) is 9.30. The Labute approximate surface area is 190 Å². The molecule has 0 saturated carbocycles. The van der Waals surface area contributed by atoms with E-state index in [0.29, 0.717) is 17.4 Å². The minimum Gasteiger partial charge on any atom is -0.483 e. The van der Waals surface area contributed by atoms with E-state index >= 15 is 0 Å². The number of Topliss-reactive ketones (excluding diaryl/α,β-unsaturated/α-hetero) is 1. The standard InChI is InChI=1S/C25H22FN3O2S/c26-21-14-7-8-16-23(21)31-18-24-27-28-25(29(24)20-12-5-2-6-13-20)32-17-9-15-22(30)19-10-3-1-4-11-19/h1-8,10-14,16H,9,15,17-18H2. The quantitative estimate of drug-likeness (QED) is 0.176. The Morgan fingerprint density at radius 1 is 0.906 bits per heavy atom. The summed E-state index contributed by atoms with van der Waals surface area (Å²) in [5.41, 5.74) is 1.63. The summed E-state index contributed by atoms with van der Waals surface area (Å²) in [6, 6.07) is 25.3. The molecule has 1 heterocycles. The SMILES string of the molecule is O=C(CCCSc1nnc(COc2ccccc2F)n1-c1ccccc1)c1ccccc1. The highest BCUT2D eigenvalue weighted by Gasteiger charge is 2.16. The van der Waals surface area contributed by atoms with Crippen molar-refractivity contribution < 1.29 is 13.9 Å². The first-order valence-electron chi connectivity index (χ1n) is 10.3. The number of halogens is 1. The summed E-state index contributed by atoms with van der Waals surface area (Å²) < 4.78 is 21.5. The Hall–Kier alpha value is -3.45. The second-order valence-electron chi connectivity index (χ2n) is 7.03. The van der Waals surface area contributed by atoms with Crippen LogP contribution in [-0.2, 0) is 6.61 Å². The van der Waals surface area contributed by atoms with Crippen LogP contribution in [0.2, 0.25) is 0 Å². The van der Waals surface area contributed by atoms with E-state index in [1.54, 1.807) is 18.2 Å². The summed E-state index contributed by atoms with van der Waals surface area (Å²) in [6.07, 6.45) is 1.20. The Bertz CT molecular complexity index is 1170. The van der Waals surface area contributed by atoms with Crippen molar-refractivity contribution in [1.29, 1.82) is 0 Å². The summed E-state index contributed by atoms with van der Waals surface area (Å²) in [4.78, 5) is 12.3. The van der Waals surface area contributed by atoms with E-state index in [1.807, 2.05) is 65.2 Å². The minimum absolute atomic E-state index is 0.0792. The number of carbonyl (C=O) groups excluding carboxylic acids is 1. The summed E-state index contributed by atoms with van der Waals surface area (Å²) in [7, 11) is 0. The van der Waals surface area contributed by atoms with Gasteiger partial charge in [0, 0.05) is 23.4 Å². The van der Waals surface area contributed by atoms with E-state index in [-0.39, 0.29) is 18.1 Å². The predicted octanol–water partition coefficient (Wildman–Crippen LogP) is 5.74. The molecule has 162 valence electrons. The van der Waals surface area contributed by atoms with Gasteiger partial charge in [-0.2, -0.15) is 0 Å². The molecule has 0 N–H and O–H groups in total. The van der Waals surface area contributed by atoms with Crippen molar-refractivity contribution in [2.45, 2.75) is 24.6 Å². The monoisotopic (exact) mass is 447 g/mol. The van der Waals surface area contributed by atoms with Gasteiger partial charge >= 0.3 is 0 Å². The van der Waals surface area contributed by atoms with Crippen molar-refractivity contribution in [3.63, 3.8) is 0 Å². The van der Waals surface area contributed by atoms with Crippen LogP contribution in [-0.4, -0.2) is 26.3 Å². The van der Waals surface area contributed by atoms with Crippen molar-refractivity contribution in [3.8, 4) is 11.4 Å². The van der Waals surface area contributed by atoms with Gasteiger partial charge < -0.3 is 4.74 Å². The van der Waals surface area contributed by atoms with Crippen molar-refractivity contribution in [2.75, 3.05) is 5.75 Å². The first-order valence-corrected chi connectivity index (χ1v) is 11.3. The Morgan fingerprint density at radius 3 is 2.34 bits per heavy atom. The van der Waals surface area contributed by atoms with Gasteiger partial charge in [0.05, 0.1) is 0 Å². The Morgan fingerprint density at radius 2 is 1.59 bits per heavy atom. The molecule has 0 bridgehead atoms. The van der Waals surface area contributed by atoms with Gasteiger partial charge in [0.1, 0.15) is 6.61 Å². The number of nitrogens with zero attached hydrogens (tertiary/aromatic N) is 3. The number of hydrogen-bond acceptors (Lipinski definition) is 5. The average Bonchev–Trinajstić information content (AvgIpc) is 3.25. The van der Waals surface area contributed by atoms with Gasteiger partial charge in [-0.3, -0.25) is 9.36 Å². The maximum atomic E-state index is 13.9. The fraction of sp³-hybridized carbons (Fsp3) is 0.160. The van der Waals surface area contributed by atoms with Crippen molar-refractivity contribution in [3.05, 3.63) is 102 Å². The van der Waals surface area contributed by atoms with Gasteiger partial charge in [-0.1, -0.05) is 72.4 Å². The van der Waals surface area contributed by atoms with Crippen LogP contribution >= 0.6 is 11.8 Å². The van der Waals surface area contributed by atoms with E-state index in [4.69, 9.17) is 4.74 Å². The van der Waals surface area contributed by atoms with E-state index in [2.05, 4.69) is 10.2 Å². The summed E-state index contributed by atoms with van der Waals surface area (Å²) in [5.74, 6) is 1.18. The molecule has 0 saturated heterocycles. The highest BCUT2D eigenvalue weighted by Crippen LogP contribution is 2.25. The lowest BCUT2D eigenvalue weighted by molar-refractivity contribution is 0.0982. The molecule has 0 spiro atoms. The second kappa shape index (κ2) is 10.7. The number of benzene rings is 3. The molecular formula is C25H22FN3O2S. The topological polar surface area (TPSA) is 57.0 Å². The molecule has 5 nitrogen and oxygen atoms in total. The lowest BCUT2D eigenvalue weighted by atomic mass is 10.1. The minimum atomic E-state index is -0.420. The number of carbonyl (C=O) groups is 1. The van der Waals surface area contributed by atoms with Crippen LogP contribution in [0.4, 0.5) is 4.39 Å². The first-order chi connectivity index (χ1) is 15.7. The molecule has 0 amide bonds. The first kappa shape index (κ1) is 21.8. The Balaban J connectivity index is 1.43. The number of ether oxygens (including phenoxy) is 1. The van der Waals surface area contributed by atoms with Crippen LogP contribution in [0.3, 0.4) is 0 Å². The zero-order valence-electron chi connectivity index (χ0n) is 17.4. The zero-order valence-corrected chi connectivity index (χ0v) is 18.2. The van der Waals surface area contributed by atoms with Gasteiger partial charge in [0.2, 0.25) is 0 Å². The number of hydrogen-bond donors (Lipinski definition) is 0. The second-order valence-corrected chi connectivity index (χ2v) is 8.09. The van der Waals surface area contributed by atoms with Crippen LogP contribution in [0, 0.1) is 5.82 Å². The van der Waals surface area contributed by atoms with Gasteiger partial charge in [0.15, 0.2) is 28.3 Å². The maximum Gasteiger partial charge on any atom is 0.195 e. The van der Waals surface area contributed by atoms with Crippen LogP contribution in [0.25, 0.3) is 5.69 Å². The summed E-state index contributed by atoms with van der Waals surface area (Å²) in [6.45, 7) is 0.0792. The van der Waals surface area contributed by atoms with Crippen LogP contribution in [0.15, 0.2) is 90.1 Å². The van der Waals surface area contributed by atoms with E-state index in [1.165, 1.54) is 17.8 Å². The molecule has 0 unspecified atom stereocenters. The highest BCUT2D eigenvalue weighted by molar-refractivity contribution is 7.99. The maximum absolute atomic E-state index is 13.9. The number of thioether (sulfide) groups is 1. The largest absolute Gasteiger partial charge is 0.483 e. The van der Waals surface area contributed by atoms with Crippen molar-refractivity contribution in [2.24, 2.45) is 0 Å². The molecule has 4 aromatic rings. The molecule has 0 aliphatic rings. The van der Waals surface area contributed by atoms with Crippen LogP contribution in [0.5, 0.6) is 5.75 Å². The van der Waals surface area contributed by atoms with E-state index in [0.717, 1.165) is 23.4 Å². The molecule has 1 aromatic heterocycles. The van der Waals surface area contributed by atoms with Gasteiger partial charge in [-0.15, -0.1) is 10.2 Å². The molecule has 0 aliphatic carbocycles. The van der Waals surface area contributed by atoms with Gasteiger partial charge in [-0.25, -0.2) is 4.39 Å². The molecule has 0 aliphatic heterocycles. The molecule has 3 aromatic carbocycles. The average molecular weight is 448 g/mol. The molecule has 0 radical (unpaired) electrons. The molecule has 4 rings (SSSR count). The predicted molar refractivity (Wildman–Crippen MR) is 123 cm³/mol. The third kappa shape index (κ3) is 5.42. The van der Waals surface area contributed by atoms with Crippen molar-refractivity contribution in [1.82, 2.24) is 14.8 Å². The number of aromatic nitrogens is 3. The number of ketones is 1. The lowest BCUT2D eigenvalue weighted by Gasteiger charge is -2.11. The number of rotatable bonds is 10. The highest BCUT2D eigenvalue weighted by atomic mass is 32.2. The van der Waals surface area contributed by atoms with Gasteiger partial charge in [-0.05, 0) is 30.7 Å². The van der Waals surface area contributed by atoms with Crippen LogP contribution in [0.1, 0.15) is 29.0 Å². The third-order valence-corrected chi connectivity index (χ3v) is 5.80. The van der Waals surface area contributed by atoms with Crippen molar-refractivity contribution >= 4 is 17.5 Å². The normalized spacial score (nSPS) is 10.8. The fourth-order valence-electron chi connectivity index (χ4n) is 3.19. The molecular weight excluding hydrogens is 425 g/mol. The third-order valence-electron chi connectivity index (χ3n) is 4.78. The van der Waals surface area contributed by atoms with E-state index < -0.39 is 5.82 Å². The fourth-order valence-corrected chi connectivity index (χ4v) is 4.10. The molecule has 0 atom stereocenters. The zero-order chi connectivity index (χ0) is 22.2.